The molecule has 5 nitrogen and oxygen atoms in total. The predicted octanol–water partition coefficient (Wildman–Crippen LogP) is 2.18. The van der Waals surface area contributed by atoms with Crippen LogP contribution in [0.15, 0.2) is 18.2 Å². The third kappa shape index (κ3) is 4.43. The van der Waals surface area contributed by atoms with Crippen molar-refractivity contribution in [2.24, 2.45) is 5.92 Å². The Morgan fingerprint density at radius 1 is 1.16 bits per heavy atom. The van der Waals surface area contributed by atoms with Gasteiger partial charge in [0.1, 0.15) is 5.82 Å². The highest BCUT2D eigenvalue weighted by Gasteiger charge is 2.31. The van der Waals surface area contributed by atoms with E-state index in [1.165, 1.54) is 18.2 Å². The number of amides is 2. The van der Waals surface area contributed by atoms with Crippen LogP contribution in [-0.2, 0) is 4.79 Å². The number of nitrogens with zero attached hydrogens (tertiary/aromatic N) is 2. The van der Waals surface area contributed by atoms with E-state index in [0.29, 0.717) is 26.2 Å². The second-order valence-electron chi connectivity index (χ2n) is 6.26. The summed E-state index contributed by atoms with van der Waals surface area (Å²) in [7, 11) is 0. The Morgan fingerprint density at radius 3 is 2.44 bits per heavy atom. The number of benzene rings is 1. The van der Waals surface area contributed by atoms with Gasteiger partial charge in [-0.15, -0.1) is 12.4 Å². The average molecular weight is 390 g/mol. The van der Waals surface area contributed by atoms with Gasteiger partial charge in [0.05, 0.1) is 16.5 Å². The van der Waals surface area contributed by atoms with Gasteiger partial charge in [-0.25, -0.2) is 4.39 Å². The normalized spacial score (nSPS) is 20.8. The molecule has 0 aromatic heterocycles. The Hall–Kier alpha value is -1.37. The molecule has 8 heteroatoms. The van der Waals surface area contributed by atoms with E-state index >= 15 is 0 Å². The minimum Gasteiger partial charge on any atom is -0.339 e. The Bertz CT molecular complexity index is 610. The average Bonchev–Trinajstić information content (AvgIpc) is 2.62. The van der Waals surface area contributed by atoms with Crippen LogP contribution in [0.25, 0.3) is 0 Å². The van der Waals surface area contributed by atoms with Crippen molar-refractivity contribution in [1.82, 2.24) is 15.1 Å². The van der Waals surface area contributed by atoms with Gasteiger partial charge in [-0.1, -0.05) is 17.7 Å². The summed E-state index contributed by atoms with van der Waals surface area (Å²) >= 11 is 5.97. The molecule has 2 aliphatic rings. The van der Waals surface area contributed by atoms with Crippen LogP contribution in [0.3, 0.4) is 0 Å². The SMILES string of the molecule is Cl.O=C(c1c(F)cccc1Cl)N1CCN(C(=O)C2CCCNC2)CC1. The van der Waals surface area contributed by atoms with Gasteiger partial charge in [-0.2, -0.15) is 0 Å². The van der Waals surface area contributed by atoms with Gasteiger partial charge in [-0.3, -0.25) is 9.59 Å². The number of piperazine rings is 1. The maximum atomic E-state index is 13.9. The van der Waals surface area contributed by atoms with Crippen LogP contribution in [-0.4, -0.2) is 60.9 Å². The van der Waals surface area contributed by atoms with Crippen molar-refractivity contribution in [3.63, 3.8) is 0 Å². The number of rotatable bonds is 2. The molecule has 2 heterocycles. The predicted molar refractivity (Wildman–Crippen MR) is 96.7 cm³/mol. The van der Waals surface area contributed by atoms with E-state index in [9.17, 15) is 14.0 Å². The van der Waals surface area contributed by atoms with Crippen molar-refractivity contribution < 1.29 is 14.0 Å². The molecule has 1 N–H and O–H groups in total. The zero-order chi connectivity index (χ0) is 17.1. The Labute approximate surface area is 157 Å². The number of hydrogen-bond donors (Lipinski definition) is 1. The molecule has 1 atom stereocenters. The van der Waals surface area contributed by atoms with Crippen LogP contribution in [0, 0.1) is 11.7 Å². The second kappa shape index (κ2) is 8.83. The van der Waals surface area contributed by atoms with Gasteiger partial charge in [0, 0.05) is 32.7 Å². The minimum absolute atomic E-state index is 0. The van der Waals surface area contributed by atoms with Crippen molar-refractivity contribution in [3.05, 3.63) is 34.6 Å². The zero-order valence-corrected chi connectivity index (χ0v) is 15.4. The molecule has 0 radical (unpaired) electrons. The van der Waals surface area contributed by atoms with Crippen LogP contribution in [0.5, 0.6) is 0 Å². The molecule has 0 aliphatic carbocycles. The van der Waals surface area contributed by atoms with E-state index in [4.69, 9.17) is 11.6 Å². The van der Waals surface area contributed by atoms with Crippen molar-refractivity contribution in [1.29, 1.82) is 0 Å². The molecule has 0 bridgehead atoms. The summed E-state index contributed by atoms with van der Waals surface area (Å²) in [6.07, 6.45) is 1.93. The second-order valence-corrected chi connectivity index (χ2v) is 6.66. The summed E-state index contributed by atoms with van der Waals surface area (Å²) < 4.78 is 13.9. The molecule has 25 heavy (non-hydrogen) atoms. The molecule has 138 valence electrons. The van der Waals surface area contributed by atoms with E-state index in [2.05, 4.69) is 5.32 Å². The van der Waals surface area contributed by atoms with E-state index in [0.717, 1.165) is 25.9 Å². The summed E-state index contributed by atoms with van der Waals surface area (Å²) in [5, 5.41) is 3.36. The highest BCUT2D eigenvalue weighted by Crippen LogP contribution is 2.22. The Morgan fingerprint density at radius 2 is 1.84 bits per heavy atom. The lowest BCUT2D eigenvalue weighted by atomic mass is 9.98. The van der Waals surface area contributed by atoms with Gasteiger partial charge >= 0.3 is 0 Å². The van der Waals surface area contributed by atoms with E-state index < -0.39 is 11.7 Å². The molecule has 2 aliphatic heterocycles. The first-order valence-corrected chi connectivity index (χ1v) is 8.68. The fraction of sp³-hybridized carbons (Fsp3) is 0.529. The lowest BCUT2D eigenvalue weighted by molar-refractivity contribution is -0.137. The molecule has 1 aromatic rings. The first kappa shape index (κ1) is 19.9. The smallest absolute Gasteiger partial charge is 0.258 e. The highest BCUT2D eigenvalue weighted by molar-refractivity contribution is 6.33. The van der Waals surface area contributed by atoms with Crippen molar-refractivity contribution in [2.45, 2.75) is 12.8 Å². The van der Waals surface area contributed by atoms with E-state index in [1.807, 2.05) is 4.90 Å². The van der Waals surface area contributed by atoms with Crippen molar-refractivity contribution in [2.75, 3.05) is 39.3 Å². The number of hydrogen-bond acceptors (Lipinski definition) is 3. The maximum absolute atomic E-state index is 13.9. The van der Waals surface area contributed by atoms with Crippen LogP contribution in [0.4, 0.5) is 4.39 Å². The largest absolute Gasteiger partial charge is 0.339 e. The lowest BCUT2D eigenvalue weighted by Crippen LogP contribution is -2.53. The zero-order valence-electron chi connectivity index (χ0n) is 13.8. The van der Waals surface area contributed by atoms with Gasteiger partial charge < -0.3 is 15.1 Å². The molecule has 0 spiro atoms. The molecule has 3 rings (SSSR count). The molecule has 2 amide bonds. The van der Waals surface area contributed by atoms with Crippen LogP contribution in [0.2, 0.25) is 5.02 Å². The van der Waals surface area contributed by atoms with Crippen LogP contribution in [0.1, 0.15) is 23.2 Å². The highest BCUT2D eigenvalue weighted by atomic mass is 35.5. The molecule has 0 saturated carbocycles. The Balaban J connectivity index is 0.00000225. The third-order valence-electron chi connectivity index (χ3n) is 4.70. The first-order valence-electron chi connectivity index (χ1n) is 8.30. The fourth-order valence-electron chi connectivity index (χ4n) is 3.31. The Kier molecular flexibility index (Phi) is 7.04. The summed E-state index contributed by atoms with van der Waals surface area (Å²) in [6, 6.07) is 4.21. The molecule has 2 saturated heterocycles. The number of nitrogens with one attached hydrogen (secondary N) is 1. The molecular formula is C17H22Cl2FN3O2. The number of piperidine rings is 1. The molecule has 1 unspecified atom stereocenters. The number of carbonyl (C=O) groups is 2. The van der Waals surface area contributed by atoms with Crippen molar-refractivity contribution >= 4 is 35.8 Å². The standard InChI is InChI=1S/C17H21ClFN3O2.ClH/c18-13-4-1-5-14(19)15(13)17(24)22-9-7-21(8-10-22)16(23)12-3-2-6-20-11-12;/h1,4-5,12,20H,2-3,6-11H2;1H. The minimum atomic E-state index is -0.612. The first-order chi connectivity index (χ1) is 11.6. The number of halogens is 3. The molecular weight excluding hydrogens is 368 g/mol. The van der Waals surface area contributed by atoms with Gasteiger partial charge in [0.15, 0.2) is 0 Å². The summed E-state index contributed by atoms with van der Waals surface area (Å²) in [5.41, 5.74) is -0.0876. The monoisotopic (exact) mass is 389 g/mol. The van der Waals surface area contributed by atoms with Gasteiger partial charge in [0.25, 0.3) is 5.91 Å². The lowest BCUT2D eigenvalue weighted by Gasteiger charge is -2.37. The summed E-state index contributed by atoms with van der Waals surface area (Å²) in [6.45, 7) is 3.45. The van der Waals surface area contributed by atoms with Crippen LogP contribution < -0.4 is 5.32 Å². The van der Waals surface area contributed by atoms with Crippen molar-refractivity contribution in [3.8, 4) is 0 Å². The fourth-order valence-corrected chi connectivity index (χ4v) is 3.55. The maximum Gasteiger partial charge on any atom is 0.258 e. The van der Waals surface area contributed by atoms with Crippen LogP contribution >= 0.6 is 24.0 Å². The quantitative estimate of drug-likeness (QED) is 0.843. The molecule has 1 aromatic carbocycles. The molecule has 2 fully saturated rings. The van der Waals surface area contributed by atoms with E-state index in [-0.39, 0.29) is 34.8 Å². The van der Waals surface area contributed by atoms with Gasteiger partial charge in [-0.05, 0) is 31.5 Å². The topological polar surface area (TPSA) is 52.7 Å². The van der Waals surface area contributed by atoms with Gasteiger partial charge in [0.2, 0.25) is 5.91 Å². The number of carbonyl (C=O) groups excluding carboxylic acids is 2. The third-order valence-corrected chi connectivity index (χ3v) is 5.02. The summed E-state index contributed by atoms with van der Waals surface area (Å²) in [5.74, 6) is -0.843. The van der Waals surface area contributed by atoms with E-state index in [1.54, 1.807) is 4.90 Å². The summed E-state index contributed by atoms with van der Waals surface area (Å²) in [4.78, 5) is 28.4.